The lowest BCUT2D eigenvalue weighted by Crippen LogP contribution is -2.43. The van der Waals surface area contributed by atoms with Crippen LogP contribution in [0.5, 0.6) is 0 Å². The maximum absolute atomic E-state index is 12.8. The second kappa shape index (κ2) is 9.62. The molecule has 1 saturated heterocycles. The molecule has 0 unspecified atom stereocenters. The highest BCUT2D eigenvalue weighted by Gasteiger charge is 2.32. The van der Waals surface area contributed by atoms with E-state index in [0.29, 0.717) is 24.2 Å². The van der Waals surface area contributed by atoms with E-state index in [-0.39, 0.29) is 54.3 Å². The number of nitro groups is 2. The van der Waals surface area contributed by atoms with E-state index in [1.807, 2.05) is 0 Å². The Bertz CT molecular complexity index is 1170. The fraction of sp³-hybridized carbons (Fsp3) is 0.474. The molecule has 0 saturated carbocycles. The van der Waals surface area contributed by atoms with Crippen molar-refractivity contribution in [2.75, 3.05) is 19.6 Å². The van der Waals surface area contributed by atoms with Gasteiger partial charge in [-0.15, -0.1) is 0 Å². The fourth-order valence-corrected chi connectivity index (χ4v) is 5.32. The van der Waals surface area contributed by atoms with Crippen LogP contribution in [0.25, 0.3) is 0 Å². The highest BCUT2D eigenvalue weighted by Crippen LogP contribution is 2.25. The largest absolute Gasteiger partial charge is 0.354 e. The number of aromatic nitrogens is 2. The first kappa shape index (κ1) is 24.3. The number of piperidine rings is 1. The Kier molecular flexibility index (Phi) is 7.07. The summed E-state index contributed by atoms with van der Waals surface area (Å²) in [5, 5.41) is 28.8. The Morgan fingerprint density at radius 2 is 1.73 bits per heavy atom. The van der Waals surface area contributed by atoms with Crippen LogP contribution in [-0.2, 0) is 21.4 Å². The highest BCUT2D eigenvalue weighted by molar-refractivity contribution is 7.89. The van der Waals surface area contributed by atoms with Crippen molar-refractivity contribution in [2.24, 2.45) is 5.92 Å². The molecule has 33 heavy (non-hydrogen) atoms. The van der Waals surface area contributed by atoms with Gasteiger partial charge in [0.1, 0.15) is 11.4 Å². The average molecular weight is 481 g/mol. The molecule has 178 valence electrons. The monoisotopic (exact) mass is 480 g/mol. The van der Waals surface area contributed by atoms with Crippen molar-refractivity contribution in [1.29, 1.82) is 0 Å². The number of nitrogens with zero attached hydrogens (tertiary/aromatic N) is 5. The standard InChI is InChI=1S/C19H24N6O7S/c1-13-18(25(29)30)14(2)23(21-13)12-9-20-19(26)15-7-10-22(11-8-15)33(31,32)17-5-3-16(4-6-17)24(27)28/h3-6,15H,7-12H2,1-2H3,(H,20,26). The molecule has 2 heterocycles. The number of hydrogen-bond donors (Lipinski definition) is 1. The van der Waals surface area contributed by atoms with Gasteiger partial charge in [-0.05, 0) is 38.8 Å². The van der Waals surface area contributed by atoms with Crippen LogP contribution in [-0.4, -0.2) is 57.9 Å². The molecular weight excluding hydrogens is 456 g/mol. The molecule has 3 rings (SSSR count). The van der Waals surface area contributed by atoms with E-state index in [1.54, 1.807) is 13.8 Å². The third-order valence-corrected chi connectivity index (χ3v) is 7.57. The predicted molar refractivity (Wildman–Crippen MR) is 116 cm³/mol. The number of hydrogen-bond acceptors (Lipinski definition) is 8. The van der Waals surface area contributed by atoms with Gasteiger partial charge in [-0.2, -0.15) is 9.40 Å². The summed E-state index contributed by atoms with van der Waals surface area (Å²) < 4.78 is 28.3. The van der Waals surface area contributed by atoms with Crippen LogP contribution in [0.4, 0.5) is 11.4 Å². The van der Waals surface area contributed by atoms with Crippen LogP contribution in [0.3, 0.4) is 0 Å². The molecule has 1 aliphatic heterocycles. The summed E-state index contributed by atoms with van der Waals surface area (Å²) in [4.78, 5) is 33.2. The lowest BCUT2D eigenvalue weighted by molar-refractivity contribution is -0.386. The van der Waals surface area contributed by atoms with Crippen LogP contribution < -0.4 is 5.32 Å². The third-order valence-electron chi connectivity index (χ3n) is 5.66. The minimum Gasteiger partial charge on any atom is -0.354 e. The van der Waals surface area contributed by atoms with E-state index in [2.05, 4.69) is 10.4 Å². The lowest BCUT2D eigenvalue weighted by atomic mass is 9.97. The molecule has 1 N–H and O–H groups in total. The Balaban J connectivity index is 1.52. The van der Waals surface area contributed by atoms with Crippen LogP contribution in [0, 0.1) is 40.0 Å². The highest BCUT2D eigenvalue weighted by atomic mass is 32.2. The van der Waals surface area contributed by atoms with E-state index in [9.17, 15) is 33.4 Å². The van der Waals surface area contributed by atoms with Gasteiger partial charge in [0, 0.05) is 37.7 Å². The summed E-state index contributed by atoms with van der Waals surface area (Å²) in [6.07, 6.45) is 0.673. The van der Waals surface area contributed by atoms with Crippen molar-refractivity contribution in [3.05, 3.63) is 55.9 Å². The number of non-ortho nitro benzene ring substituents is 1. The fourth-order valence-electron chi connectivity index (χ4n) is 3.85. The first-order chi connectivity index (χ1) is 15.5. The second-order valence-corrected chi connectivity index (χ2v) is 9.66. The van der Waals surface area contributed by atoms with E-state index in [0.717, 1.165) is 12.1 Å². The Morgan fingerprint density at radius 3 is 2.24 bits per heavy atom. The van der Waals surface area contributed by atoms with Crippen molar-refractivity contribution in [2.45, 2.75) is 38.1 Å². The zero-order valence-corrected chi connectivity index (χ0v) is 18.9. The molecule has 2 aromatic rings. The maximum atomic E-state index is 12.8. The minimum atomic E-state index is -3.81. The van der Waals surface area contributed by atoms with Gasteiger partial charge in [-0.25, -0.2) is 8.42 Å². The summed E-state index contributed by atoms with van der Waals surface area (Å²) in [7, 11) is -3.81. The summed E-state index contributed by atoms with van der Waals surface area (Å²) >= 11 is 0. The van der Waals surface area contributed by atoms with Crippen LogP contribution in [0.15, 0.2) is 29.2 Å². The molecule has 0 spiro atoms. The molecule has 13 nitrogen and oxygen atoms in total. The summed E-state index contributed by atoms with van der Waals surface area (Å²) in [5.41, 5.74) is 0.490. The molecule has 1 aromatic heterocycles. The van der Waals surface area contributed by atoms with Gasteiger partial charge in [0.2, 0.25) is 15.9 Å². The van der Waals surface area contributed by atoms with Crippen LogP contribution >= 0.6 is 0 Å². The quantitative estimate of drug-likeness (QED) is 0.438. The topological polar surface area (TPSA) is 171 Å². The molecule has 1 aromatic carbocycles. The molecule has 1 amide bonds. The Hall–Kier alpha value is -3.39. The molecule has 0 aliphatic carbocycles. The molecule has 1 aliphatic rings. The van der Waals surface area contributed by atoms with Gasteiger partial charge in [-0.3, -0.25) is 29.7 Å². The number of nitrogens with one attached hydrogen (secondary N) is 1. The number of carbonyl (C=O) groups is 1. The summed E-state index contributed by atoms with van der Waals surface area (Å²) in [5.74, 6) is -0.568. The number of aryl methyl sites for hydroxylation is 1. The Morgan fingerprint density at radius 1 is 1.12 bits per heavy atom. The molecule has 0 radical (unpaired) electrons. The maximum Gasteiger partial charge on any atom is 0.312 e. The molecule has 0 bridgehead atoms. The van der Waals surface area contributed by atoms with Gasteiger partial charge in [0.05, 0.1) is 21.3 Å². The van der Waals surface area contributed by atoms with Crippen LogP contribution in [0.1, 0.15) is 24.2 Å². The zero-order valence-electron chi connectivity index (χ0n) is 18.1. The van der Waals surface area contributed by atoms with Crippen molar-refractivity contribution in [1.82, 2.24) is 19.4 Å². The van der Waals surface area contributed by atoms with Gasteiger partial charge >= 0.3 is 5.69 Å². The Labute approximate surface area is 189 Å². The minimum absolute atomic E-state index is 0.0324. The van der Waals surface area contributed by atoms with E-state index >= 15 is 0 Å². The molecule has 1 fully saturated rings. The van der Waals surface area contributed by atoms with Crippen LogP contribution in [0.2, 0.25) is 0 Å². The van der Waals surface area contributed by atoms with Gasteiger partial charge < -0.3 is 5.32 Å². The summed E-state index contributed by atoms with van der Waals surface area (Å²) in [6, 6.07) is 4.69. The number of sulfonamides is 1. The number of rotatable bonds is 8. The van der Waals surface area contributed by atoms with Crippen molar-refractivity contribution in [3.8, 4) is 0 Å². The first-order valence-electron chi connectivity index (χ1n) is 10.2. The SMILES string of the molecule is Cc1nn(CCNC(=O)C2CCN(S(=O)(=O)c3ccc([N+](=O)[O-])cc3)CC2)c(C)c1[N+](=O)[O-]. The lowest BCUT2D eigenvalue weighted by Gasteiger charge is -2.30. The third kappa shape index (κ3) is 5.17. The molecular formula is C19H24N6O7S. The number of amides is 1. The smallest absolute Gasteiger partial charge is 0.312 e. The number of nitro benzene ring substituents is 1. The van der Waals surface area contributed by atoms with Crippen molar-refractivity contribution in [3.63, 3.8) is 0 Å². The van der Waals surface area contributed by atoms with Gasteiger partial charge in [0.25, 0.3) is 5.69 Å². The molecule has 0 atom stereocenters. The van der Waals surface area contributed by atoms with Crippen molar-refractivity contribution < 1.29 is 23.1 Å². The summed E-state index contributed by atoms with van der Waals surface area (Å²) in [6.45, 7) is 3.97. The second-order valence-electron chi connectivity index (χ2n) is 7.72. The molecule has 14 heteroatoms. The van der Waals surface area contributed by atoms with Gasteiger partial charge in [-0.1, -0.05) is 0 Å². The normalized spacial score (nSPS) is 15.3. The predicted octanol–water partition coefficient (Wildman–Crippen LogP) is 1.53. The number of benzene rings is 1. The zero-order chi connectivity index (χ0) is 24.3. The average Bonchev–Trinajstić information content (AvgIpc) is 3.06. The van der Waals surface area contributed by atoms with E-state index < -0.39 is 19.9 Å². The van der Waals surface area contributed by atoms with E-state index in [4.69, 9.17) is 0 Å². The number of carbonyl (C=O) groups excluding carboxylic acids is 1. The van der Waals surface area contributed by atoms with E-state index in [1.165, 1.54) is 21.1 Å². The van der Waals surface area contributed by atoms with Gasteiger partial charge in [0.15, 0.2) is 0 Å². The first-order valence-corrected chi connectivity index (χ1v) is 11.7. The van der Waals surface area contributed by atoms with Crippen molar-refractivity contribution >= 4 is 27.3 Å².